The number of carbonyl (C=O) groups excluding carboxylic acids is 1. The van der Waals surface area contributed by atoms with E-state index in [1.54, 1.807) is 12.3 Å². The van der Waals surface area contributed by atoms with Gasteiger partial charge in [0, 0.05) is 0 Å². The summed E-state index contributed by atoms with van der Waals surface area (Å²) in [5.41, 5.74) is 2.47. The van der Waals surface area contributed by atoms with Gasteiger partial charge in [0.1, 0.15) is 17.8 Å². The largest absolute Gasteiger partial charge is 0.468 e. The molecule has 1 amide bonds. The van der Waals surface area contributed by atoms with Crippen LogP contribution in [0.4, 0.5) is 0 Å². The van der Waals surface area contributed by atoms with E-state index in [0.29, 0.717) is 24.4 Å². The molecule has 0 aliphatic heterocycles. The lowest BCUT2D eigenvalue weighted by Crippen LogP contribution is -2.29. The van der Waals surface area contributed by atoms with E-state index in [0.717, 1.165) is 5.76 Å². The second kappa shape index (κ2) is 5.52. The number of nitrogens with zero attached hydrogens (tertiary/aromatic N) is 1. The molecule has 2 rings (SSSR count). The molecule has 2 aromatic rings. The van der Waals surface area contributed by atoms with E-state index >= 15 is 0 Å². The van der Waals surface area contributed by atoms with Crippen molar-refractivity contribution in [3.05, 3.63) is 47.8 Å². The van der Waals surface area contributed by atoms with E-state index in [1.165, 1.54) is 6.26 Å². The van der Waals surface area contributed by atoms with E-state index in [1.807, 2.05) is 24.1 Å². The molecule has 18 heavy (non-hydrogen) atoms. The van der Waals surface area contributed by atoms with E-state index in [4.69, 9.17) is 14.7 Å². The standard InChI is InChI=1S/C12H15N3O3/c1-15(6-10-3-2-4-17-10)7-11-5-9(8-18-11)12(16)14-13/h2-5,8H,6-7,13H2,1H3,(H,14,16). The lowest BCUT2D eigenvalue weighted by Gasteiger charge is -2.12. The summed E-state index contributed by atoms with van der Waals surface area (Å²) in [4.78, 5) is 13.3. The topological polar surface area (TPSA) is 84.6 Å². The minimum Gasteiger partial charge on any atom is -0.468 e. The Bertz CT molecular complexity index is 504. The lowest BCUT2D eigenvalue weighted by atomic mass is 10.3. The normalized spacial score (nSPS) is 10.8. The fourth-order valence-corrected chi connectivity index (χ4v) is 1.66. The summed E-state index contributed by atoms with van der Waals surface area (Å²) in [6.07, 6.45) is 3.03. The molecule has 0 radical (unpaired) electrons. The molecule has 0 saturated heterocycles. The number of nitrogens with two attached hydrogens (primary N) is 1. The highest BCUT2D eigenvalue weighted by Crippen LogP contribution is 2.12. The van der Waals surface area contributed by atoms with Crippen LogP contribution in [0.2, 0.25) is 0 Å². The Morgan fingerprint density at radius 3 is 2.83 bits per heavy atom. The number of hydrogen-bond acceptors (Lipinski definition) is 5. The number of carbonyl (C=O) groups is 1. The fourth-order valence-electron chi connectivity index (χ4n) is 1.66. The van der Waals surface area contributed by atoms with Gasteiger partial charge in [-0.1, -0.05) is 0 Å². The first-order valence-corrected chi connectivity index (χ1v) is 5.48. The zero-order valence-corrected chi connectivity index (χ0v) is 10.1. The second-order valence-electron chi connectivity index (χ2n) is 4.03. The molecule has 0 saturated carbocycles. The van der Waals surface area contributed by atoms with Crippen LogP contribution in [0.5, 0.6) is 0 Å². The molecule has 0 aliphatic rings. The van der Waals surface area contributed by atoms with Crippen molar-refractivity contribution >= 4 is 5.91 Å². The van der Waals surface area contributed by atoms with Crippen LogP contribution in [0.1, 0.15) is 21.9 Å². The van der Waals surface area contributed by atoms with Gasteiger partial charge in [0.15, 0.2) is 0 Å². The number of hydrogen-bond donors (Lipinski definition) is 2. The number of nitrogens with one attached hydrogen (secondary N) is 1. The van der Waals surface area contributed by atoms with Crippen molar-refractivity contribution in [2.24, 2.45) is 5.84 Å². The summed E-state index contributed by atoms with van der Waals surface area (Å²) < 4.78 is 10.5. The Balaban J connectivity index is 1.92. The Labute approximate surface area is 104 Å². The van der Waals surface area contributed by atoms with Crippen LogP contribution in [-0.2, 0) is 13.1 Å². The van der Waals surface area contributed by atoms with Crippen molar-refractivity contribution in [1.29, 1.82) is 0 Å². The smallest absolute Gasteiger partial charge is 0.268 e. The monoisotopic (exact) mass is 249 g/mol. The van der Waals surface area contributed by atoms with Crippen LogP contribution >= 0.6 is 0 Å². The van der Waals surface area contributed by atoms with Crippen molar-refractivity contribution in [3.63, 3.8) is 0 Å². The Hall–Kier alpha value is -2.05. The maximum absolute atomic E-state index is 11.2. The molecule has 2 aromatic heterocycles. The minimum atomic E-state index is -0.362. The predicted octanol–water partition coefficient (Wildman–Crippen LogP) is 1.11. The van der Waals surface area contributed by atoms with Gasteiger partial charge in [-0.2, -0.15) is 0 Å². The zero-order chi connectivity index (χ0) is 13.0. The minimum absolute atomic E-state index is 0.362. The van der Waals surface area contributed by atoms with Crippen molar-refractivity contribution < 1.29 is 13.6 Å². The highest BCUT2D eigenvalue weighted by molar-refractivity contribution is 5.93. The Morgan fingerprint density at radius 2 is 2.17 bits per heavy atom. The molecule has 96 valence electrons. The molecular formula is C12H15N3O3. The van der Waals surface area contributed by atoms with Gasteiger partial charge < -0.3 is 8.83 Å². The summed E-state index contributed by atoms with van der Waals surface area (Å²) in [7, 11) is 1.94. The molecule has 6 nitrogen and oxygen atoms in total. The SMILES string of the molecule is CN(Cc1ccco1)Cc1cc(C(=O)NN)co1. The summed E-state index contributed by atoms with van der Waals surface area (Å²) in [6.45, 7) is 1.25. The van der Waals surface area contributed by atoms with Gasteiger partial charge in [0.25, 0.3) is 5.91 Å². The molecule has 0 unspecified atom stereocenters. The quantitative estimate of drug-likeness (QED) is 0.471. The predicted molar refractivity (Wildman–Crippen MR) is 64.2 cm³/mol. The molecule has 3 N–H and O–H groups in total. The molecule has 0 aromatic carbocycles. The van der Waals surface area contributed by atoms with Crippen LogP contribution in [0.3, 0.4) is 0 Å². The lowest BCUT2D eigenvalue weighted by molar-refractivity contribution is 0.0953. The molecule has 2 heterocycles. The van der Waals surface area contributed by atoms with E-state index < -0.39 is 0 Å². The Kier molecular flexibility index (Phi) is 3.81. The number of amides is 1. The van der Waals surface area contributed by atoms with Crippen molar-refractivity contribution in [2.75, 3.05) is 7.05 Å². The van der Waals surface area contributed by atoms with E-state index in [9.17, 15) is 4.79 Å². The zero-order valence-electron chi connectivity index (χ0n) is 10.1. The molecule has 6 heteroatoms. The first kappa shape index (κ1) is 12.4. The summed E-state index contributed by atoms with van der Waals surface area (Å²) in [5, 5.41) is 0. The third-order valence-corrected chi connectivity index (χ3v) is 2.48. The van der Waals surface area contributed by atoms with Crippen LogP contribution in [0.25, 0.3) is 0 Å². The average molecular weight is 249 g/mol. The molecular weight excluding hydrogens is 234 g/mol. The van der Waals surface area contributed by atoms with Crippen molar-refractivity contribution in [3.8, 4) is 0 Å². The number of hydrazine groups is 1. The summed E-state index contributed by atoms with van der Waals surface area (Å²) in [6, 6.07) is 5.42. The second-order valence-corrected chi connectivity index (χ2v) is 4.03. The maximum Gasteiger partial charge on any atom is 0.268 e. The third kappa shape index (κ3) is 2.99. The van der Waals surface area contributed by atoms with Gasteiger partial charge in [-0.15, -0.1) is 0 Å². The van der Waals surface area contributed by atoms with Crippen LogP contribution < -0.4 is 11.3 Å². The summed E-state index contributed by atoms with van der Waals surface area (Å²) >= 11 is 0. The average Bonchev–Trinajstić information content (AvgIpc) is 2.99. The van der Waals surface area contributed by atoms with Gasteiger partial charge >= 0.3 is 0 Å². The first-order valence-electron chi connectivity index (χ1n) is 5.48. The third-order valence-electron chi connectivity index (χ3n) is 2.48. The number of nitrogen functional groups attached to an aromatic ring is 1. The van der Waals surface area contributed by atoms with Crippen molar-refractivity contribution in [2.45, 2.75) is 13.1 Å². The summed E-state index contributed by atoms with van der Waals surface area (Å²) in [5.74, 6) is 6.25. The Morgan fingerprint density at radius 1 is 1.39 bits per heavy atom. The van der Waals surface area contributed by atoms with Gasteiger partial charge in [-0.05, 0) is 25.2 Å². The first-order chi connectivity index (χ1) is 8.69. The number of furan rings is 2. The van der Waals surface area contributed by atoms with Gasteiger partial charge in [0.05, 0.1) is 24.9 Å². The molecule has 0 atom stereocenters. The van der Waals surface area contributed by atoms with Crippen LogP contribution in [0, 0.1) is 0 Å². The fraction of sp³-hybridized carbons (Fsp3) is 0.250. The van der Waals surface area contributed by atoms with E-state index in [-0.39, 0.29) is 5.91 Å². The molecule has 0 spiro atoms. The van der Waals surface area contributed by atoms with Gasteiger partial charge in [-0.25, -0.2) is 5.84 Å². The molecule has 0 aliphatic carbocycles. The maximum atomic E-state index is 11.2. The van der Waals surface area contributed by atoms with Gasteiger partial charge in [0.2, 0.25) is 0 Å². The highest BCUT2D eigenvalue weighted by atomic mass is 16.3. The van der Waals surface area contributed by atoms with Crippen LogP contribution in [0.15, 0.2) is 39.6 Å². The highest BCUT2D eigenvalue weighted by Gasteiger charge is 2.11. The van der Waals surface area contributed by atoms with Crippen LogP contribution in [-0.4, -0.2) is 17.9 Å². The molecule has 0 bridgehead atoms. The number of rotatable bonds is 5. The van der Waals surface area contributed by atoms with Gasteiger partial charge in [-0.3, -0.25) is 15.1 Å². The van der Waals surface area contributed by atoms with Crippen molar-refractivity contribution in [1.82, 2.24) is 10.3 Å². The van der Waals surface area contributed by atoms with E-state index in [2.05, 4.69) is 5.43 Å². The molecule has 0 fully saturated rings.